The highest BCUT2D eigenvalue weighted by Crippen LogP contribution is 2.41. The number of thioether (sulfide) groups is 1. The summed E-state index contributed by atoms with van der Waals surface area (Å²) in [6, 6.07) is 8.13. The van der Waals surface area contributed by atoms with Gasteiger partial charge in [0.2, 0.25) is 10.9 Å². The van der Waals surface area contributed by atoms with Gasteiger partial charge in [0.15, 0.2) is 28.9 Å². The number of hydrogen-bond acceptors (Lipinski definition) is 9. The lowest BCUT2D eigenvalue weighted by Crippen LogP contribution is -2.15. The fourth-order valence-corrected chi connectivity index (χ4v) is 3.99. The van der Waals surface area contributed by atoms with Gasteiger partial charge in [-0.3, -0.25) is 0 Å². The second-order valence-corrected chi connectivity index (χ2v) is 7.49. The number of methoxy groups -OCH3 is 4. The van der Waals surface area contributed by atoms with E-state index in [2.05, 4.69) is 15.3 Å². The van der Waals surface area contributed by atoms with Crippen molar-refractivity contribution in [2.45, 2.75) is 11.8 Å². The average Bonchev–Trinajstić information content (AvgIpc) is 3.24. The van der Waals surface area contributed by atoms with Gasteiger partial charge < -0.3 is 23.7 Å². The molecule has 0 aliphatic carbocycles. The monoisotopic (exact) mass is 460 g/mol. The molecule has 0 spiro atoms. The zero-order valence-corrected chi connectivity index (χ0v) is 18.7. The minimum atomic E-state index is -0.446. The molecule has 2 aromatic carbocycles. The predicted octanol–water partition coefficient (Wildman–Crippen LogP) is 3.39. The number of aromatic nitrogens is 3. The highest BCUT2D eigenvalue weighted by molar-refractivity contribution is 7.99. The second-order valence-electron chi connectivity index (χ2n) is 6.55. The molecule has 0 radical (unpaired) electrons. The van der Waals surface area contributed by atoms with Gasteiger partial charge in [-0.15, -0.1) is 10.2 Å². The quantitative estimate of drug-likeness (QED) is 0.506. The topological polar surface area (TPSA) is 89.2 Å². The Morgan fingerprint density at radius 1 is 0.938 bits per heavy atom. The molecule has 0 unspecified atom stereocenters. The zero-order valence-electron chi connectivity index (χ0n) is 17.9. The summed E-state index contributed by atoms with van der Waals surface area (Å²) in [6.45, 7) is 0.0972. The molecule has 0 atom stereocenters. The Kier molecular flexibility index (Phi) is 6.35. The maximum atomic E-state index is 14.1. The van der Waals surface area contributed by atoms with E-state index < -0.39 is 5.82 Å². The van der Waals surface area contributed by atoms with E-state index in [1.165, 1.54) is 46.3 Å². The van der Waals surface area contributed by atoms with Crippen LogP contribution in [0.4, 0.5) is 4.39 Å². The van der Waals surface area contributed by atoms with Crippen LogP contribution in [0, 0.1) is 5.82 Å². The first-order valence-corrected chi connectivity index (χ1v) is 10.5. The van der Waals surface area contributed by atoms with Gasteiger partial charge in [-0.1, -0.05) is 11.8 Å². The molecule has 1 aliphatic rings. The Balaban J connectivity index is 1.58. The number of nitrogens with zero attached hydrogens (tertiary/aromatic N) is 4. The molecule has 0 fully saturated rings. The highest BCUT2D eigenvalue weighted by atomic mass is 32.2. The lowest BCUT2D eigenvalue weighted by molar-refractivity contribution is 0.279. The number of benzene rings is 2. The molecule has 1 aliphatic heterocycles. The number of rotatable bonds is 8. The van der Waals surface area contributed by atoms with Gasteiger partial charge in [0.25, 0.3) is 0 Å². The van der Waals surface area contributed by atoms with Crippen LogP contribution in [-0.2, 0) is 6.61 Å². The van der Waals surface area contributed by atoms with Gasteiger partial charge in [-0.2, -0.15) is 9.78 Å². The molecule has 0 N–H and O–H groups in total. The van der Waals surface area contributed by atoms with Crippen molar-refractivity contribution >= 4 is 17.5 Å². The van der Waals surface area contributed by atoms with E-state index in [1.807, 2.05) is 0 Å². The zero-order chi connectivity index (χ0) is 22.7. The van der Waals surface area contributed by atoms with Crippen LogP contribution < -0.4 is 23.7 Å². The van der Waals surface area contributed by atoms with Crippen LogP contribution in [0.1, 0.15) is 11.4 Å². The average molecular weight is 460 g/mol. The molecule has 9 nitrogen and oxygen atoms in total. The Hall–Kier alpha value is -3.47. The Morgan fingerprint density at radius 3 is 2.28 bits per heavy atom. The number of hydrogen-bond donors (Lipinski definition) is 0. The van der Waals surface area contributed by atoms with Crippen molar-refractivity contribution in [2.24, 2.45) is 5.10 Å². The molecule has 1 aromatic heterocycles. The van der Waals surface area contributed by atoms with Crippen molar-refractivity contribution < 1.29 is 28.1 Å². The van der Waals surface area contributed by atoms with Crippen LogP contribution in [0.3, 0.4) is 0 Å². The summed E-state index contributed by atoms with van der Waals surface area (Å²) in [4.78, 5) is 0. The van der Waals surface area contributed by atoms with E-state index in [-0.39, 0.29) is 12.4 Å². The van der Waals surface area contributed by atoms with Gasteiger partial charge in [0, 0.05) is 23.4 Å². The van der Waals surface area contributed by atoms with Crippen LogP contribution in [0.5, 0.6) is 28.7 Å². The molecule has 168 valence electrons. The van der Waals surface area contributed by atoms with E-state index in [9.17, 15) is 4.39 Å². The number of ether oxygens (including phenoxy) is 5. The first-order valence-electron chi connectivity index (χ1n) is 9.49. The highest BCUT2D eigenvalue weighted by Gasteiger charge is 2.21. The van der Waals surface area contributed by atoms with E-state index >= 15 is 0 Å². The Labute approximate surface area is 188 Å². The van der Waals surface area contributed by atoms with Crippen LogP contribution in [0.25, 0.3) is 0 Å². The van der Waals surface area contributed by atoms with Crippen molar-refractivity contribution in [2.75, 3.05) is 34.2 Å². The van der Waals surface area contributed by atoms with Crippen molar-refractivity contribution in [3.05, 3.63) is 47.5 Å². The summed E-state index contributed by atoms with van der Waals surface area (Å²) in [5.74, 6) is 2.69. The van der Waals surface area contributed by atoms with Crippen LogP contribution in [0.15, 0.2) is 40.6 Å². The Morgan fingerprint density at radius 2 is 1.66 bits per heavy atom. The van der Waals surface area contributed by atoms with Crippen LogP contribution in [0.2, 0.25) is 0 Å². The molecule has 0 bridgehead atoms. The van der Waals surface area contributed by atoms with Gasteiger partial charge >= 0.3 is 0 Å². The van der Waals surface area contributed by atoms with E-state index in [0.717, 1.165) is 0 Å². The third kappa shape index (κ3) is 4.15. The minimum absolute atomic E-state index is 0.0972. The van der Waals surface area contributed by atoms with Crippen LogP contribution in [-0.4, -0.2) is 54.8 Å². The summed E-state index contributed by atoms with van der Waals surface area (Å²) < 4.78 is 42.7. The lowest BCUT2D eigenvalue weighted by Gasteiger charge is -2.16. The fourth-order valence-electron chi connectivity index (χ4n) is 3.13. The first kappa shape index (κ1) is 21.8. The smallest absolute Gasteiger partial charge is 0.212 e. The molecule has 3 aromatic rings. The van der Waals surface area contributed by atoms with Crippen molar-refractivity contribution in [1.29, 1.82) is 0 Å². The molecule has 2 heterocycles. The molecule has 4 rings (SSSR count). The van der Waals surface area contributed by atoms with Crippen molar-refractivity contribution in [3.63, 3.8) is 0 Å². The third-order valence-corrected chi connectivity index (χ3v) is 5.66. The summed E-state index contributed by atoms with van der Waals surface area (Å²) in [5.41, 5.74) is 1.35. The first-order chi connectivity index (χ1) is 15.6. The molecule has 11 heteroatoms. The van der Waals surface area contributed by atoms with Gasteiger partial charge in [0.05, 0.1) is 34.2 Å². The lowest BCUT2D eigenvalue weighted by atomic mass is 10.1. The largest absolute Gasteiger partial charge is 0.494 e. The predicted molar refractivity (Wildman–Crippen MR) is 116 cm³/mol. The molecule has 0 saturated heterocycles. The van der Waals surface area contributed by atoms with E-state index in [0.29, 0.717) is 51.0 Å². The Bertz CT molecular complexity index is 1140. The third-order valence-electron chi connectivity index (χ3n) is 4.73. The molecule has 0 saturated carbocycles. The summed E-state index contributed by atoms with van der Waals surface area (Å²) >= 11 is 1.46. The molecule has 0 amide bonds. The van der Waals surface area contributed by atoms with Gasteiger partial charge in [-0.05, 0) is 18.2 Å². The van der Waals surface area contributed by atoms with Gasteiger partial charge in [0.1, 0.15) is 12.4 Å². The maximum absolute atomic E-state index is 14.1. The van der Waals surface area contributed by atoms with E-state index in [4.69, 9.17) is 23.7 Å². The number of fused-ring (bicyclic) bond motifs is 1. The normalized spacial score (nSPS) is 12.6. The van der Waals surface area contributed by atoms with E-state index in [1.54, 1.807) is 28.9 Å². The molecular weight excluding hydrogens is 439 g/mol. The van der Waals surface area contributed by atoms with Crippen molar-refractivity contribution in [1.82, 2.24) is 14.9 Å². The molecule has 32 heavy (non-hydrogen) atoms. The molecular formula is C21H21FN4O5S. The summed E-state index contributed by atoms with van der Waals surface area (Å²) in [6.07, 6.45) is 0. The fraction of sp³-hybridized carbons (Fsp3) is 0.286. The standard InChI is InChI=1S/C21H21FN4O5S/c1-27-16-6-5-12(7-14(16)22)15-11-32-21-24-23-19(26(21)25-15)10-31-13-8-17(28-2)20(30-4)18(9-13)29-3/h5-9H,10-11H2,1-4H3. The minimum Gasteiger partial charge on any atom is -0.494 e. The van der Waals surface area contributed by atoms with Crippen LogP contribution >= 0.6 is 11.8 Å². The maximum Gasteiger partial charge on any atom is 0.212 e. The second kappa shape index (κ2) is 9.35. The summed E-state index contributed by atoms with van der Waals surface area (Å²) in [7, 11) is 6.03. The number of halogens is 1. The SMILES string of the molecule is COc1ccc(C2=Nn3c(COc4cc(OC)c(OC)c(OC)c4)nnc3SC2)cc1F. The summed E-state index contributed by atoms with van der Waals surface area (Å²) in [5, 5.41) is 13.6. The van der Waals surface area contributed by atoms with Gasteiger partial charge in [-0.25, -0.2) is 4.39 Å². The van der Waals surface area contributed by atoms with Crippen molar-refractivity contribution in [3.8, 4) is 28.7 Å².